The molecule has 2 rings (SSSR count). The molecule has 1 saturated heterocycles. The maximum Gasteiger partial charge on any atom is 0.320 e. The van der Waals surface area contributed by atoms with Gasteiger partial charge in [-0.3, -0.25) is 14.4 Å². The van der Waals surface area contributed by atoms with Crippen LogP contribution in [0.1, 0.15) is 44.6 Å². The quantitative estimate of drug-likeness (QED) is 0.884. The molecule has 0 bridgehead atoms. The Kier molecular flexibility index (Phi) is 4.58. The molecular weight excluding hydrogens is 242 g/mol. The molecule has 0 aliphatic carbocycles. The van der Waals surface area contributed by atoms with Crippen LogP contribution in [0.2, 0.25) is 0 Å². The number of aromatic nitrogens is 2. The summed E-state index contributed by atoms with van der Waals surface area (Å²) in [6.07, 6.45) is 6.80. The molecule has 1 aliphatic rings. The van der Waals surface area contributed by atoms with Crippen molar-refractivity contribution in [2.45, 2.75) is 51.6 Å². The van der Waals surface area contributed by atoms with Gasteiger partial charge in [-0.15, -0.1) is 0 Å². The summed E-state index contributed by atoms with van der Waals surface area (Å²) in [7, 11) is 0. The number of nitrogens with zero attached hydrogens (tertiary/aromatic N) is 3. The molecule has 0 radical (unpaired) electrons. The molecule has 5 nitrogen and oxygen atoms in total. The van der Waals surface area contributed by atoms with Crippen molar-refractivity contribution in [3.8, 4) is 0 Å². The van der Waals surface area contributed by atoms with Crippen molar-refractivity contribution in [1.29, 1.82) is 0 Å². The van der Waals surface area contributed by atoms with Crippen LogP contribution in [0.4, 0.5) is 0 Å². The van der Waals surface area contributed by atoms with E-state index in [4.69, 9.17) is 0 Å². The lowest BCUT2D eigenvalue weighted by molar-refractivity contribution is -0.143. The number of carboxylic acids is 1. The lowest BCUT2D eigenvalue weighted by Crippen LogP contribution is -2.44. The molecule has 0 spiro atoms. The zero-order chi connectivity index (χ0) is 13.8. The van der Waals surface area contributed by atoms with E-state index in [1.165, 1.54) is 5.56 Å². The zero-order valence-corrected chi connectivity index (χ0v) is 11.7. The van der Waals surface area contributed by atoms with Gasteiger partial charge >= 0.3 is 5.97 Å². The summed E-state index contributed by atoms with van der Waals surface area (Å²) in [5.41, 5.74) is 1.30. The van der Waals surface area contributed by atoms with Crippen molar-refractivity contribution >= 4 is 5.97 Å². The Balaban J connectivity index is 1.93. The first-order valence-corrected chi connectivity index (χ1v) is 7.14. The molecule has 0 aromatic carbocycles. The second-order valence-corrected chi connectivity index (χ2v) is 5.20. The molecule has 5 heteroatoms. The van der Waals surface area contributed by atoms with Gasteiger partial charge in [0.25, 0.3) is 0 Å². The lowest BCUT2D eigenvalue weighted by atomic mass is 9.90. The summed E-state index contributed by atoms with van der Waals surface area (Å²) in [6, 6.07) is -0.320. The molecule has 2 heterocycles. The average Bonchev–Trinajstić information content (AvgIpc) is 2.89. The van der Waals surface area contributed by atoms with Crippen LogP contribution in [0.25, 0.3) is 0 Å². The maximum atomic E-state index is 11.2. The fourth-order valence-corrected chi connectivity index (χ4v) is 2.90. The zero-order valence-electron chi connectivity index (χ0n) is 11.7. The van der Waals surface area contributed by atoms with Gasteiger partial charge in [0.2, 0.25) is 0 Å². The first kappa shape index (κ1) is 14.1. The van der Waals surface area contributed by atoms with Crippen molar-refractivity contribution in [2.24, 2.45) is 0 Å². The highest BCUT2D eigenvalue weighted by atomic mass is 16.4. The molecule has 1 atom stereocenters. The highest BCUT2D eigenvalue weighted by molar-refractivity contribution is 5.73. The molecular formula is C14H23N3O2. The minimum absolute atomic E-state index is 0.320. The van der Waals surface area contributed by atoms with Gasteiger partial charge in [0.05, 0.1) is 6.20 Å². The van der Waals surface area contributed by atoms with Crippen LogP contribution < -0.4 is 0 Å². The summed E-state index contributed by atoms with van der Waals surface area (Å²) >= 11 is 0. The fraction of sp³-hybridized carbons (Fsp3) is 0.714. The van der Waals surface area contributed by atoms with Crippen LogP contribution in [0.5, 0.6) is 0 Å². The third-order valence-corrected chi connectivity index (χ3v) is 4.09. The van der Waals surface area contributed by atoms with E-state index in [0.717, 1.165) is 32.5 Å². The molecule has 106 valence electrons. The van der Waals surface area contributed by atoms with Gasteiger partial charge < -0.3 is 5.11 Å². The first-order chi connectivity index (χ1) is 9.15. The van der Waals surface area contributed by atoms with Gasteiger partial charge in [0.1, 0.15) is 6.04 Å². The highest BCUT2D eigenvalue weighted by Crippen LogP contribution is 2.28. The Morgan fingerprint density at radius 2 is 2.16 bits per heavy atom. The number of aryl methyl sites for hydroxylation is 1. The van der Waals surface area contributed by atoms with Gasteiger partial charge in [-0.2, -0.15) is 5.10 Å². The number of hydrogen-bond donors (Lipinski definition) is 1. The van der Waals surface area contributed by atoms with Crippen molar-refractivity contribution in [3.05, 3.63) is 18.0 Å². The molecule has 1 N–H and O–H groups in total. The van der Waals surface area contributed by atoms with E-state index in [-0.39, 0.29) is 6.04 Å². The van der Waals surface area contributed by atoms with Crippen LogP contribution in [-0.2, 0) is 11.3 Å². The van der Waals surface area contributed by atoms with Crippen LogP contribution >= 0.6 is 0 Å². The molecule has 1 unspecified atom stereocenters. The Labute approximate surface area is 114 Å². The van der Waals surface area contributed by atoms with Crippen LogP contribution in [0.3, 0.4) is 0 Å². The summed E-state index contributed by atoms with van der Waals surface area (Å²) in [5, 5.41) is 13.5. The Hall–Kier alpha value is -1.36. The van der Waals surface area contributed by atoms with Crippen LogP contribution in [0.15, 0.2) is 12.4 Å². The van der Waals surface area contributed by atoms with E-state index in [1.54, 1.807) is 0 Å². The Morgan fingerprint density at radius 3 is 2.63 bits per heavy atom. The number of likely N-dealkylation sites (tertiary alicyclic amines) is 1. The summed E-state index contributed by atoms with van der Waals surface area (Å²) in [6.45, 7) is 6.66. The second-order valence-electron chi connectivity index (χ2n) is 5.20. The van der Waals surface area contributed by atoms with Crippen molar-refractivity contribution in [2.75, 3.05) is 13.1 Å². The van der Waals surface area contributed by atoms with Crippen molar-refractivity contribution < 1.29 is 9.90 Å². The fourth-order valence-electron chi connectivity index (χ4n) is 2.90. The maximum absolute atomic E-state index is 11.2. The number of piperidine rings is 1. The largest absolute Gasteiger partial charge is 0.480 e. The summed E-state index contributed by atoms with van der Waals surface area (Å²) in [5.74, 6) is -0.164. The predicted molar refractivity (Wildman–Crippen MR) is 73.2 cm³/mol. The minimum Gasteiger partial charge on any atom is -0.480 e. The van der Waals surface area contributed by atoms with Gasteiger partial charge in [-0.1, -0.05) is 6.92 Å². The molecule has 0 saturated carbocycles. The monoisotopic (exact) mass is 265 g/mol. The molecule has 1 aliphatic heterocycles. The number of carboxylic acid groups (broad SMARTS) is 1. The van der Waals surface area contributed by atoms with E-state index in [1.807, 2.05) is 17.8 Å². The topological polar surface area (TPSA) is 58.4 Å². The number of aliphatic carboxylic acids is 1. The second kappa shape index (κ2) is 6.19. The molecule has 0 amide bonds. The van der Waals surface area contributed by atoms with Gasteiger partial charge in [-0.05, 0) is 50.8 Å². The normalized spacial score (nSPS) is 19.5. The van der Waals surface area contributed by atoms with E-state index in [0.29, 0.717) is 12.3 Å². The van der Waals surface area contributed by atoms with Crippen molar-refractivity contribution in [3.63, 3.8) is 0 Å². The van der Waals surface area contributed by atoms with Gasteiger partial charge in [-0.25, -0.2) is 0 Å². The third kappa shape index (κ3) is 3.15. The van der Waals surface area contributed by atoms with Crippen LogP contribution in [-0.4, -0.2) is 44.9 Å². The highest BCUT2D eigenvalue weighted by Gasteiger charge is 2.29. The van der Waals surface area contributed by atoms with Gasteiger partial charge in [0, 0.05) is 12.7 Å². The molecule has 1 aromatic heterocycles. The molecule has 1 aromatic rings. The Bertz CT molecular complexity index is 422. The Morgan fingerprint density at radius 1 is 1.47 bits per heavy atom. The first-order valence-electron chi connectivity index (χ1n) is 7.14. The number of carbonyl (C=O) groups is 1. The summed E-state index contributed by atoms with van der Waals surface area (Å²) < 4.78 is 1.95. The van der Waals surface area contributed by atoms with E-state index < -0.39 is 5.97 Å². The lowest BCUT2D eigenvalue weighted by Gasteiger charge is -2.35. The predicted octanol–water partition coefficient (Wildman–Crippen LogP) is 1.95. The van der Waals surface area contributed by atoms with E-state index in [2.05, 4.69) is 23.1 Å². The number of rotatable bonds is 5. The van der Waals surface area contributed by atoms with E-state index in [9.17, 15) is 9.90 Å². The molecule has 19 heavy (non-hydrogen) atoms. The van der Waals surface area contributed by atoms with Gasteiger partial charge in [0.15, 0.2) is 0 Å². The average molecular weight is 265 g/mol. The van der Waals surface area contributed by atoms with Crippen molar-refractivity contribution in [1.82, 2.24) is 14.7 Å². The third-order valence-electron chi connectivity index (χ3n) is 4.09. The summed E-state index contributed by atoms with van der Waals surface area (Å²) in [4.78, 5) is 13.3. The number of hydrogen-bond acceptors (Lipinski definition) is 3. The van der Waals surface area contributed by atoms with Crippen LogP contribution in [0, 0.1) is 0 Å². The standard InChI is InChI=1S/C14H23N3O2/c1-3-13(14(18)19)16-7-5-11(6-8-16)12-9-15-17(4-2)10-12/h9-11,13H,3-8H2,1-2H3,(H,18,19). The SMILES string of the molecule is CCC(C(=O)O)N1CCC(c2cnn(CC)c2)CC1. The van der Waals surface area contributed by atoms with E-state index >= 15 is 0 Å². The molecule has 1 fully saturated rings. The smallest absolute Gasteiger partial charge is 0.320 e. The minimum atomic E-state index is -0.695.